The molecule has 0 bridgehead atoms. The van der Waals surface area contributed by atoms with Gasteiger partial charge in [-0.15, -0.1) is 0 Å². The zero-order valence-electron chi connectivity index (χ0n) is 20.7. The summed E-state index contributed by atoms with van der Waals surface area (Å²) < 4.78 is 39.7. The lowest BCUT2D eigenvalue weighted by Gasteiger charge is -2.35. The highest BCUT2D eigenvalue weighted by Gasteiger charge is 2.26. The molecule has 0 saturated carbocycles. The van der Waals surface area contributed by atoms with E-state index in [4.69, 9.17) is 21.1 Å². The number of piperazine rings is 1. The lowest BCUT2D eigenvalue weighted by atomic mass is 10.1. The van der Waals surface area contributed by atoms with Crippen molar-refractivity contribution >= 4 is 33.2 Å². The third-order valence-corrected chi connectivity index (χ3v) is 8.44. The maximum Gasteiger partial charge on any atom is 0.263 e. The number of aryl methyl sites for hydroxylation is 2. The zero-order chi connectivity index (χ0) is 26.2. The van der Waals surface area contributed by atoms with Gasteiger partial charge in [0.05, 0.1) is 10.7 Å². The summed E-state index contributed by atoms with van der Waals surface area (Å²) in [5.41, 5.74) is 3.70. The van der Waals surface area contributed by atoms with Crippen molar-refractivity contribution in [2.24, 2.45) is 0 Å². The first-order valence-electron chi connectivity index (χ1n) is 12.0. The number of hydrogen-bond acceptors (Lipinski definition) is 6. The molecule has 0 unspecified atom stereocenters. The Morgan fingerprint density at radius 1 is 0.946 bits per heavy atom. The van der Waals surface area contributed by atoms with E-state index in [0.29, 0.717) is 31.9 Å². The molecule has 0 aliphatic carbocycles. The van der Waals surface area contributed by atoms with Crippen LogP contribution in [0.1, 0.15) is 27.0 Å². The van der Waals surface area contributed by atoms with Crippen LogP contribution >= 0.6 is 11.6 Å². The first-order chi connectivity index (χ1) is 17.7. The Morgan fingerprint density at radius 2 is 1.70 bits per heavy atom. The summed E-state index contributed by atoms with van der Waals surface area (Å²) >= 11 is 6.27. The number of nitrogens with zero attached hydrogens (tertiary/aromatic N) is 2. The van der Waals surface area contributed by atoms with Gasteiger partial charge in [0, 0.05) is 38.3 Å². The predicted molar refractivity (Wildman–Crippen MR) is 142 cm³/mol. The molecule has 1 amide bonds. The lowest BCUT2D eigenvalue weighted by molar-refractivity contribution is 0.0628. The van der Waals surface area contributed by atoms with E-state index in [9.17, 15) is 13.2 Å². The predicted octanol–water partition coefficient (Wildman–Crippen LogP) is 4.44. The SMILES string of the molecule is Cc1ccc(NS(=O)(=O)c2cc(C(=O)N3CCN(Cc4ccc5c(c4)OCO5)CC3)ccc2Cl)c(C)c1. The first-order valence-corrected chi connectivity index (χ1v) is 13.9. The van der Waals surface area contributed by atoms with E-state index >= 15 is 0 Å². The van der Waals surface area contributed by atoms with Crippen LogP contribution in [0.5, 0.6) is 11.5 Å². The fraction of sp³-hybridized carbons (Fsp3) is 0.296. The molecule has 194 valence electrons. The number of halogens is 1. The van der Waals surface area contributed by atoms with Crippen molar-refractivity contribution in [2.75, 3.05) is 37.7 Å². The number of benzene rings is 3. The van der Waals surface area contributed by atoms with E-state index in [1.54, 1.807) is 17.0 Å². The van der Waals surface area contributed by atoms with Gasteiger partial charge in [-0.05, 0) is 61.4 Å². The molecular formula is C27H28ClN3O5S. The highest BCUT2D eigenvalue weighted by atomic mass is 35.5. The van der Waals surface area contributed by atoms with Gasteiger partial charge in [-0.1, -0.05) is 35.4 Å². The van der Waals surface area contributed by atoms with Crippen LogP contribution in [0, 0.1) is 13.8 Å². The molecule has 3 aromatic carbocycles. The topological polar surface area (TPSA) is 88.2 Å². The number of rotatable bonds is 6. The lowest BCUT2D eigenvalue weighted by Crippen LogP contribution is -2.48. The number of nitrogens with one attached hydrogen (secondary N) is 1. The average molecular weight is 542 g/mol. The van der Waals surface area contributed by atoms with Crippen LogP contribution in [-0.2, 0) is 16.6 Å². The van der Waals surface area contributed by atoms with E-state index < -0.39 is 10.0 Å². The summed E-state index contributed by atoms with van der Waals surface area (Å²) in [6.07, 6.45) is 0. The molecule has 0 radical (unpaired) electrons. The minimum Gasteiger partial charge on any atom is -0.454 e. The normalized spacial score (nSPS) is 15.6. The van der Waals surface area contributed by atoms with Crippen LogP contribution < -0.4 is 14.2 Å². The summed E-state index contributed by atoms with van der Waals surface area (Å²) in [7, 11) is -3.99. The third-order valence-electron chi connectivity index (χ3n) is 6.60. The van der Waals surface area contributed by atoms with E-state index in [0.717, 1.165) is 34.7 Å². The Labute approximate surface area is 221 Å². The van der Waals surface area contributed by atoms with Crippen molar-refractivity contribution in [1.82, 2.24) is 9.80 Å². The van der Waals surface area contributed by atoms with Gasteiger partial charge >= 0.3 is 0 Å². The van der Waals surface area contributed by atoms with Crippen molar-refractivity contribution in [3.63, 3.8) is 0 Å². The van der Waals surface area contributed by atoms with Crippen molar-refractivity contribution < 1.29 is 22.7 Å². The molecule has 8 nitrogen and oxygen atoms in total. The van der Waals surface area contributed by atoms with E-state index in [2.05, 4.69) is 9.62 Å². The Bertz CT molecular complexity index is 1450. The molecule has 1 fully saturated rings. The molecule has 1 saturated heterocycles. The van der Waals surface area contributed by atoms with Crippen LogP contribution in [0.4, 0.5) is 5.69 Å². The number of fused-ring (bicyclic) bond motifs is 1. The quantitative estimate of drug-likeness (QED) is 0.496. The molecule has 2 aliphatic heterocycles. The van der Waals surface area contributed by atoms with E-state index in [-0.39, 0.29) is 28.2 Å². The second-order valence-corrected chi connectivity index (χ2v) is 11.4. The van der Waals surface area contributed by atoms with E-state index in [1.165, 1.54) is 12.1 Å². The van der Waals surface area contributed by atoms with Crippen LogP contribution in [0.15, 0.2) is 59.5 Å². The van der Waals surface area contributed by atoms with Gasteiger partial charge < -0.3 is 14.4 Å². The van der Waals surface area contributed by atoms with Crippen LogP contribution in [0.3, 0.4) is 0 Å². The standard InChI is InChI=1S/C27H28ClN3O5S/c1-18-3-7-23(19(2)13-18)29-37(33,34)26-15-21(5-6-22(26)28)27(32)31-11-9-30(10-12-31)16-20-4-8-24-25(14-20)36-17-35-24/h3-8,13-15,29H,9-12,16-17H2,1-2H3. The largest absolute Gasteiger partial charge is 0.454 e. The maximum absolute atomic E-state index is 13.3. The minimum atomic E-state index is -3.99. The number of sulfonamides is 1. The van der Waals surface area contributed by atoms with Gasteiger partial charge in [0.25, 0.3) is 15.9 Å². The Balaban J connectivity index is 1.25. The number of carbonyl (C=O) groups is 1. The second kappa shape index (κ2) is 10.2. The Kier molecular flexibility index (Phi) is 7.02. The van der Waals surface area contributed by atoms with E-state index in [1.807, 2.05) is 44.2 Å². The number of hydrogen-bond donors (Lipinski definition) is 1. The van der Waals surface area contributed by atoms with Gasteiger partial charge in [-0.25, -0.2) is 8.42 Å². The molecule has 2 heterocycles. The summed E-state index contributed by atoms with van der Waals surface area (Å²) in [5.74, 6) is 1.29. The minimum absolute atomic E-state index is 0.0577. The van der Waals surface area contributed by atoms with Gasteiger partial charge in [0.1, 0.15) is 4.90 Å². The smallest absolute Gasteiger partial charge is 0.263 e. The van der Waals surface area contributed by atoms with Gasteiger partial charge in [0.2, 0.25) is 6.79 Å². The van der Waals surface area contributed by atoms with Gasteiger partial charge in [0.15, 0.2) is 11.5 Å². The van der Waals surface area contributed by atoms with Crippen LogP contribution in [0.25, 0.3) is 0 Å². The maximum atomic E-state index is 13.3. The zero-order valence-corrected chi connectivity index (χ0v) is 22.2. The van der Waals surface area contributed by atoms with Crippen LogP contribution in [-0.4, -0.2) is 57.1 Å². The molecule has 0 spiro atoms. The van der Waals surface area contributed by atoms with Crippen LogP contribution in [0.2, 0.25) is 5.02 Å². The molecule has 1 N–H and O–H groups in total. The van der Waals surface area contributed by atoms with Crippen molar-refractivity contribution in [3.05, 3.63) is 81.9 Å². The molecule has 3 aromatic rings. The van der Waals surface area contributed by atoms with Crippen molar-refractivity contribution in [2.45, 2.75) is 25.3 Å². The molecular weight excluding hydrogens is 514 g/mol. The Morgan fingerprint density at radius 3 is 2.46 bits per heavy atom. The van der Waals surface area contributed by atoms with Crippen molar-refractivity contribution in [3.8, 4) is 11.5 Å². The monoisotopic (exact) mass is 541 g/mol. The van der Waals surface area contributed by atoms with Gasteiger partial charge in [-0.2, -0.15) is 0 Å². The number of anilines is 1. The molecule has 10 heteroatoms. The first kappa shape index (κ1) is 25.4. The number of carbonyl (C=O) groups excluding carboxylic acids is 1. The molecule has 2 aliphatic rings. The molecule has 0 aromatic heterocycles. The summed E-state index contributed by atoms with van der Waals surface area (Å²) in [5, 5.41) is 0.0577. The Hall–Kier alpha value is -3.27. The molecule has 37 heavy (non-hydrogen) atoms. The third kappa shape index (κ3) is 5.53. The average Bonchev–Trinajstić information content (AvgIpc) is 3.34. The summed E-state index contributed by atoms with van der Waals surface area (Å²) in [4.78, 5) is 17.1. The summed E-state index contributed by atoms with van der Waals surface area (Å²) in [6, 6.07) is 15.8. The molecule has 5 rings (SSSR count). The van der Waals surface area contributed by atoms with Gasteiger partial charge in [-0.3, -0.25) is 14.4 Å². The fourth-order valence-electron chi connectivity index (χ4n) is 4.56. The number of ether oxygens (including phenoxy) is 2. The van der Waals surface area contributed by atoms with Crippen molar-refractivity contribution in [1.29, 1.82) is 0 Å². The highest BCUT2D eigenvalue weighted by Crippen LogP contribution is 2.33. The fourth-order valence-corrected chi connectivity index (χ4v) is 6.22. The summed E-state index contributed by atoms with van der Waals surface area (Å²) in [6.45, 7) is 7.23. The highest BCUT2D eigenvalue weighted by molar-refractivity contribution is 7.92. The second-order valence-electron chi connectivity index (χ2n) is 9.33. The molecule has 0 atom stereocenters. The number of amides is 1.